The van der Waals surface area contributed by atoms with Crippen LogP contribution in [0.3, 0.4) is 0 Å². The number of rotatable bonds is 4. The van der Waals surface area contributed by atoms with Crippen LogP contribution in [0.2, 0.25) is 0 Å². The summed E-state index contributed by atoms with van der Waals surface area (Å²) < 4.78 is 0. The fourth-order valence-electron chi connectivity index (χ4n) is 1.00. The van der Waals surface area contributed by atoms with Gasteiger partial charge in [0.2, 0.25) is 11.8 Å². The van der Waals surface area contributed by atoms with Crippen LogP contribution in [0.5, 0.6) is 0 Å². The maximum absolute atomic E-state index is 11.7. The van der Waals surface area contributed by atoms with E-state index in [1.54, 1.807) is 13.8 Å². The highest BCUT2D eigenvalue weighted by Crippen LogP contribution is 2.22. The van der Waals surface area contributed by atoms with Gasteiger partial charge in [-0.2, -0.15) is 5.26 Å². The first-order valence-corrected chi connectivity index (χ1v) is 4.32. The second-order valence-corrected chi connectivity index (χ2v) is 3.42. The molecule has 14 heavy (non-hydrogen) atoms. The fraction of sp³-hybridized carbons (Fsp3) is 0.667. The van der Waals surface area contributed by atoms with Crippen molar-refractivity contribution in [3.8, 4) is 6.07 Å². The molecule has 2 amide bonds. The summed E-state index contributed by atoms with van der Waals surface area (Å²) in [7, 11) is 1.46. The fourth-order valence-corrected chi connectivity index (χ4v) is 1.00. The minimum Gasteiger partial charge on any atom is -0.368 e. The van der Waals surface area contributed by atoms with Gasteiger partial charge in [0.05, 0.1) is 12.6 Å². The maximum Gasteiger partial charge on any atom is 0.242 e. The Morgan fingerprint density at radius 3 is 2.36 bits per heavy atom. The van der Waals surface area contributed by atoms with Crippen LogP contribution in [0.25, 0.3) is 0 Å². The minimum absolute atomic E-state index is 0.157. The van der Waals surface area contributed by atoms with Gasteiger partial charge in [-0.25, -0.2) is 0 Å². The Labute approximate surface area is 83.5 Å². The molecule has 0 radical (unpaired) electrons. The highest BCUT2D eigenvalue weighted by molar-refractivity contribution is 5.88. The van der Waals surface area contributed by atoms with Gasteiger partial charge in [0.1, 0.15) is 5.41 Å². The van der Waals surface area contributed by atoms with Crippen LogP contribution >= 0.6 is 0 Å². The van der Waals surface area contributed by atoms with E-state index < -0.39 is 11.3 Å². The highest BCUT2D eigenvalue weighted by Gasteiger charge is 2.34. The van der Waals surface area contributed by atoms with E-state index in [2.05, 4.69) is 0 Å². The number of amides is 2. The van der Waals surface area contributed by atoms with Gasteiger partial charge in [-0.15, -0.1) is 0 Å². The molecule has 0 aromatic carbocycles. The predicted molar refractivity (Wildman–Crippen MR) is 50.8 cm³/mol. The number of nitrogens with two attached hydrogens (primary N) is 1. The Morgan fingerprint density at radius 1 is 1.57 bits per heavy atom. The number of hydrogen-bond donors (Lipinski definition) is 1. The van der Waals surface area contributed by atoms with Crippen molar-refractivity contribution in [3.05, 3.63) is 0 Å². The number of hydrogen-bond acceptors (Lipinski definition) is 3. The van der Waals surface area contributed by atoms with E-state index in [1.165, 1.54) is 11.9 Å². The van der Waals surface area contributed by atoms with E-state index >= 15 is 0 Å². The lowest BCUT2D eigenvalue weighted by Gasteiger charge is -2.24. The second kappa shape index (κ2) is 4.61. The van der Waals surface area contributed by atoms with Crippen LogP contribution in [0.15, 0.2) is 0 Å². The van der Waals surface area contributed by atoms with E-state index in [1.807, 2.05) is 6.07 Å². The molecular formula is C9H15N3O2. The lowest BCUT2D eigenvalue weighted by molar-refractivity contribution is -0.139. The summed E-state index contributed by atoms with van der Waals surface area (Å²) >= 11 is 0. The molecule has 0 saturated heterocycles. The molecule has 78 valence electrons. The van der Waals surface area contributed by atoms with Crippen LogP contribution < -0.4 is 5.73 Å². The third-order valence-electron chi connectivity index (χ3n) is 2.17. The second-order valence-electron chi connectivity index (χ2n) is 3.42. The predicted octanol–water partition coefficient (Wildman–Crippen LogP) is -0.130. The summed E-state index contributed by atoms with van der Waals surface area (Å²) in [5.41, 5.74) is 3.88. The average Bonchev–Trinajstić information content (AvgIpc) is 2.14. The molecule has 0 aliphatic carbocycles. The van der Waals surface area contributed by atoms with Crippen molar-refractivity contribution in [2.45, 2.75) is 20.3 Å². The molecule has 2 N–H and O–H groups in total. The molecule has 5 nitrogen and oxygen atoms in total. The number of carbonyl (C=O) groups excluding carboxylic acids is 2. The molecule has 0 fully saturated rings. The van der Waals surface area contributed by atoms with Crippen LogP contribution in [-0.4, -0.2) is 30.3 Å². The molecule has 0 aliphatic heterocycles. The van der Waals surface area contributed by atoms with Crippen molar-refractivity contribution in [1.82, 2.24) is 4.90 Å². The SMILES string of the molecule is CCC(C)(C#N)C(=O)N(C)CC(N)=O. The number of nitriles is 1. The van der Waals surface area contributed by atoms with Crippen molar-refractivity contribution < 1.29 is 9.59 Å². The molecule has 1 unspecified atom stereocenters. The monoisotopic (exact) mass is 197 g/mol. The first kappa shape index (κ1) is 12.4. The van der Waals surface area contributed by atoms with Crippen LogP contribution in [-0.2, 0) is 9.59 Å². The van der Waals surface area contributed by atoms with Gasteiger partial charge in [-0.05, 0) is 13.3 Å². The zero-order chi connectivity index (χ0) is 11.4. The topological polar surface area (TPSA) is 87.2 Å². The summed E-state index contributed by atoms with van der Waals surface area (Å²) in [6, 6.07) is 1.94. The van der Waals surface area contributed by atoms with Crippen molar-refractivity contribution in [1.29, 1.82) is 5.26 Å². The van der Waals surface area contributed by atoms with E-state index in [9.17, 15) is 9.59 Å². The van der Waals surface area contributed by atoms with Crippen LogP contribution in [0.1, 0.15) is 20.3 Å². The molecule has 0 rings (SSSR count). The van der Waals surface area contributed by atoms with Gasteiger partial charge in [-0.1, -0.05) is 6.92 Å². The third-order valence-corrected chi connectivity index (χ3v) is 2.17. The van der Waals surface area contributed by atoms with E-state index in [0.717, 1.165) is 0 Å². The number of likely N-dealkylation sites (N-methyl/N-ethyl adjacent to an activating group) is 1. The van der Waals surface area contributed by atoms with Gasteiger partial charge < -0.3 is 10.6 Å². The van der Waals surface area contributed by atoms with Crippen molar-refractivity contribution >= 4 is 11.8 Å². The van der Waals surface area contributed by atoms with Gasteiger partial charge in [0.25, 0.3) is 0 Å². The Kier molecular flexibility index (Phi) is 4.09. The molecule has 1 atom stereocenters. The van der Waals surface area contributed by atoms with Gasteiger partial charge in [0.15, 0.2) is 0 Å². The Morgan fingerprint density at radius 2 is 2.07 bits per heavy atom. The Balaban J connectivity index is 4.61. The summed E-state index contributed by atoms with van der Waals surface area (Å²) in [5.74, 6) is -0.960. The number of nitrogens with zero attached hydrogens (tertiary/aromatic N) is 2. The minimum atomic E-state index is -1.07. The van der Waals surface area contributed by atoms with E-state index in [4.69, 9.17) is 11.0 Å². The first-order chi connectivity index (χ1) is 6.37. The van der Waals surface area contributed by atoms with Crippen LogP contribution in [0.4, 0.5) is 0 Å². The smallest absolute Gasteiger partial charge is 0.242 e. The van der Waals surface area contributed by atoms with Crippen molar-refractivity contribution in [2.24, 2.45) is 11.1 Å². The lowest BCUT2D eigenvalue weighted by Crippen LogP contribution is -2.43. The molecule has 0 aliphatic rings. The lowest BCUT2D eigenvalue weighted by atomic mass is 9.88. The van der Waals surface area contributed by atoms with Gasteiger partial charge >= 0.3 is 0 Å². The maximum atomic E-state index is 11.7. The molecule has 0 aromatic heterocycles. The van der Waals surface area contributed by atoms with E-state index in [0.29, 0.717) is 6.42 Å². The Hall–Kier alpha value is -1.57. The Bertz CT molecular complexity index is 282. The molecular weight excluding hydrogens is 182 g/mol. The molecule has 0 heterocycles. The van der Waals surface area contributed by atoms with Crippen molar-refractivity contribution in [2.75, 3.05) is 13.6 Å². The third kappa shape index (κ3) is 2.73. The zero-order valence-corrected chi connectivity index (χ0v) is 8.70. The molecule has 0 bridgehead atoms. The quantitative estimate of drug-likeness (QED) is 0.681. The average molecular weight is 197 g/mol. The first-order valence-electron chi connectivity index (χ1n) is 4.32. The zero-order valence-electron chi connectivity index (χ0n) is 8.70. The summed E-state index contributed by atoms with van der Waals surface area (Å²) in [5, 5.41) is 8.83. The van der Waals surface area contributed by atoms with Gasteiger partial charge in [0, 0.05) is 7.05 Å². The largest absolute Gasteiger partial charge is 0.368 e. The summed E-state index contributed by atoms with van der Waals surface area (Å²) in [4.78, 5) is 23.4. The summed E-state index contributed by atoms with van der Waals surface area (Å²) in [6.45, 7) is 3.14. The standard InChI is InChI=1S/C9H15N3O2/c1-4-9(2,6-10)8(14)12(3)5-7(11)13/h4-5H2,1-3H3,(H2,11,13). The van der Waals surface area contributed by atoms with Crippen molar-refractivity contribution in [3.63, 3.8) is 0 Å². The van der Waals surface area contributed by atoms with Crippen LogP contribution in [0, 0.1) is 16.7 Å². The molecule has 0 saturated carbocycles. The molecule has 0 spiro atoms. The highest BCUT2D eigenvalue weighted by atomic mass is 16.2. The number of carbonyl (C=O) groups is 2. The normalized spacial score (nSPS) is 13.9. The van der Waals surface area contributed by atoms with Gasteiger partial charge in [-0.3, -0.25) is 9.59 Å². The molecule has 0 aromatic rings. The van der Waals surface area contributed by atoms with E-state index in [-0.39, 0.29) is 12.5 Å². The summed E-state index contributed by atoms with van der Waals surface area (Å²) in [6.07, 6.45) is 0.408. The number of primary amides is 1. The molecule has 5 heteroatoms.